The number of benzene rings is 1. The van der Waals surface area contributed by atoms with Crippen molar-refractivity contribution in [1.29, 1.82) is 0 Å². The highest BCUT2D eigenvalue weighted by Crippen LogP contribution is 2.12. The van der Waals surface area contributed by atoms with Gasteiger partial charge in [0.1, 0.15) is 0 Å². The molecule has 0 aliphatic carbocycles. The van der Waals surface area contributed by atoms with E-state index in [9.17, 15) is 9.59 Å². The largest absolute Gasteiger partial charge is 0.479 e. The van der Waals surface area contributed by atoms with Crippen LogP contribution >= 0.6 is 0 Å². The van der Waals surface area contributed by atoms with Gasteiger partial charge in [0.25, 0.3) is 0 Å². The van der Waals surface area contributed by atoms with E-state index < -0.39 is 12.0 Å². The summed E-state index contributed by atoms with van der Waals surface area (Å²) in [5.41, 5.74) is 0.563. The third-order valence-corrected chi connectivity index (χ3v) is 2.58. The maximum absolute atomic E-state index is 11.7. The minimum absolute atomic E-state index is 0.261. The Hall–Kier alpha value is -1.88. The number of hydrogen-bond acceptors (Lipinski definition) is 3. The highest BCUT2D eigenvalue weighted by atomic mass is 16.5. The van der Waals surface area contributed by atoms with Crippen LogP contribution in [0.5, 0.6) is 0 Å². The number of rotatable bonds is 8. The van der Waals surface area contributed by atoms with Gasteiger partial charge in [-0.15, -0.1) is 0 Å². The minimum Gasteiger partial charge on any atom is -0.479 e. The molecule has 5 heteroatoms. The fourth-order valence-electron chi connectivity index (χ4n) is 1.65. The average molecular weight is 265 g/mol. The van der Waals surface area contributed by atoms with Gasteiger partial charge >= 0.3 is 5.97 Å². The highest BCUT2D eigenvalue weighted by Gasteiger charge is 2.21. The van der Waals surface area contributed by atoms with Crippen molar-refractivity contribution in [3.63, 3.8) is 0 Å². The summed E-state index contributed by atoms with van der Waals surface area (Å²) in [7, 11) is 0. The zero-order valence-corrected chi connectivity index (χ0v) is 11.0. The first-order valence-electron chi connectivity index (χ1n) is 6.30. The van der Waals surface area contributed by atoms with Crippen molar-refractivity contribution >= 4 is 11.9 Å². The number of ether oxygens (including phenoxy) is 1. The van der Waals surface area contributed by atoms with Crippen LogP contribution in [-0.4, -0.2) is 30.2 Å². The summed E-state index contributed by atoms with van der Waals surface area (Å²) in [5.74, 6) is -1.35. The summed E-state index contributed by atoms with van der Waals surface area (Å²) in [5, 5.41) is 11.7. The Labute approximate surface area is 112 Å². The molecular formula is C14H19NO4. The van der Waals surface area contributed by atoms with E-state index in [1.807, 2.05) is 6.92 Å². The van der Waals surface area contributed by atoms with Crippen molar-refractivity contribution in [2.75, 3.05) is 13.2 Å². The fraction of sp³-hybridized carbons (Fsp3) is 0.429. The average Bonchev–Trinajstić information content (AvgIpc) is 2.41. The molecule has 1 aromatic carbocycles. The Morgan fingerprint density at radius 3 is 2.58 bits per heavy atom. The molecule has 0 fully saturated rings. The number of aliphatic carboxylic acids is 1. The van der Waals surface area contributed by atoms with Gasteiger partial charge in [-0.3, -0.25) is 4.79 Å². The third-order valence-electron chi connectivity index (χ3n) is 2.58. The maximum atomic E-state index is 11.7. The Balaban J connectivity index is 2.51. The van der Waals surface area contributed by atoms with Gasteiger partial charge in [0.15, 0.2) is 6.04 Å². The number of amides is 1. The van der Waals surface area contributed by atoms with Crippen molar-refractivity contribution in [1.82, 2.24) is 5.32 Å². The molecule has 0 aromatic heterocycles. The summed E-state index contributed by atoms with van der Waals surface area (Å²) >= 11 is 0. The number of hydrogen-bond donors (Lipinski definition) is 2. The third kappa shape index (κ3) is 5.52. The fourth-order valence-corrected chi connectivity index (χ4v) is 1.65. The van der Waals surface area contributed by atoms with E-state index in [-0.39, 0.29) is 12.3 Å². The van der Waals surface area contributed by atoms with Crippen LogP contribution in [0.15, 0.2) is 30.3 Å². The van der Waals surface area contributed by atoms with E-state index in [0.29, 0.717) is 25.2 Å². The highest BCUT2D eigenvalue weighted by molar-refractivity contribution is 5.84. The van der Waals surface area contributed by atoms with Crippen LogP contribution < -0.4 is 5.32 Å². The second-order valence-electron chi connectivity index (χ2n) is 4.05. The zero-order chi connectivity index (χ0) is 14.1. The minimum atomic E-state index is -1.07. The molecule has 0 saturated heterocycles. The first kappa shape index (κ1) is 15.2. The summed E-state index contributed by atoms with van der Waals surface area (Å²) < 4.78 is 5.12. The van der Waals surface area contributed by atoms with Gasteiger partial charge < -0.3 is 15.2 Å². The quantitative estimate of drug-likeness (QED) is 0.702. The second kappa shape index (κ2) is 8.26. The van der Waals surface area contributed by atoms with Crippen molar-refractivity contribution < 1.29 is 19.4 Å². The van der Waals surface area contributed by atoms with Crippen LogP contribution in [0.2, 0.25) is 0 Å². The molecule has 0 unspecified atom stereocenters. The number of carbonyl (C=O) groups is 2. The molecule has 1 atom stereocenters. The molecular weight excluding hydrogens is 246 g/mol. The van der Waals surface area contributed by atoms with Crippen LogP contribution in [0, 0.1) is 0 Å². The predicted octanol–water partition coefficient (Wildman–Crippen LogP) is 1.75. The molecule has 0 spiro atoms. The van der Waals surface area contributed by atoms with Gasteiger partial charge in [0.05, 0.1) is 0 Å². The lowest BCUT2D eigenvalue weighted by Crippen LogP contribution is -2.33. The number of carboxylic acid groups (broad SMARTS) is 1. The predicted molar refractivity (Wildman–Crippen MR) is 70.7 cm³/mol. The van der Waals surface area contributed by atoms with Crippen molar-refractivity contribution in [3.05, 3.63) is 35.9 Å². The smallest absolute Gasteiger partial charge is 0.330 e. The van der Waals surface area contributed by atoms with Crippen molar-refractivity contribution in [3.8, 4) is 0 Å². The lowest BCUT2D eigenvalue weighted by Gasteiger charge is -2.14. The van der Waals surface area contributed by atoms with E-state index in [1.54, 1.807) is 30.3 Å². The standard InChI is InChI=1S/C14H19NO4/c1-2-19-10-6-9-12(16)15-13(14(17)18)11-7-4-3-5-8-11/h3-5,7-8,13H,2,6,9-10H2,1H3,(H,15,16)(H,17,18)/t13-/m1/s1. The number of nitrogens with one attached hydrogen (secondary N) is 1. The molecule has 19 heavy (non-hydrogen) atoms. The second-order valence-corrected chi connectivity index (χ2v) is 4.05. The van der Waals surface area contributed by atoms with E-state index >= 15 is 0 Å². The van der Waals surface area contributed by atoms with Crippen LogP contribution in [0.1, 0.15) is 31.4 Å². The van der Waals surface area contributed by atoms with Gasteiger partial charge in [-0.2, -0.15) is 0 Å². The zero-order valence-electron chi connectivity index (χ0n) is 11.0. The molecule has 0 aliphatic heterocycles. The summed E-state index contributed by atoms with van der Waals surface area (Å²) in [4.78, 5) is 22.8. The SMILES string of the molecule is CCOCCCC(=O)N[C@@H](C(=O)O)c1ccccc1. The Bertz CT molecular complexity index is 405. The van der Waals surface area contributed by atoms with Crippen LogP contribution in [0.3, 0.4) is 0 Å². The van der Waals surface area contributed by atoms with Gasteiger partial charge in [-0.25, -0.2) is 4.79 Å². The molecule has 2 N–H and O–H groups in total. The molecule has 1 aromatic rings. The van der Waals surface area contributed by atoms with Gasteiger partial charge in [-0.05, 0) is 18.9 Å². The van der Waals surface area contributed by atoms with Crippen LogP contribution in [-0.2, 0) is 14.3 Å². The lowest BCUT2D eigenvalue weighted by molar-refractivity contribution is -0.142. The number of carbonyl (C=O) groups excluding carboxylic acids is 1. The molecule has 1 rings (SSSR count). The normalized spacial score (nSPS) is 11.8. The molecule has 0 saturated carbocycles. The van der Waals surface area contributed by atoms with Gasteiger partial charge in [0, 0.05) is 19.6 Å². The Morgan fingerprint density at radius 2 is 2.00 bits per heavy atom. The van der Waals surface area contributed by atoms with E-state index in [0.717, 1.165) is 0 Å². The first-order chi connectivity index (χ1) is 9.15. The summed E-state index contributed by atoms with van der Waals surface area (Å²) in [6.07, 6.45) is 0.845. The maximum Gasteiger partial charge on any atom is 0.330 e. The van der Waals surface area contributed by atoms with E-state index in [2.05, 4.69) is 5.32 Å². The topological polar surface area (TPSA) is 75.6 Å². The molecule has 0 bridgehead atoms. The van der Waals surface area contributed by atoms with Crippen molar-refractivity contribution in [2.24, 2.45) is 0 Å². The van der Waals surface area contributed by atoms with E-state index in [1.165, 1.54) is 0 Å². The van der Waals surface area contributed by atoms with Crippen LogP contribution in [0.4, 0.5) is 0 Å². The Kier molecular flexibility index (Phi) is 6.60. The van der Waals surface area contributed by atoms with E-state index in [4.69, 9.17) is 9.84 Å². The van der Waals surface area contributed by atoms with Gasteiger partial charge in [0.2, 0.25) is 5.91 Å². The molecule has 5 nitrogen and oxygen atoms in total. The first-order valence-corrected chi connectivity index (χ1v) is 6.30. The molecule has 0 aliphatic rings. The Morgan fingerprint density at radius 1 is 1.32 bits per heavy atom. The van der Waals surface area contributed by atoms with Crippen LogP contribution in [0.25, 0.3) is 0 Å². The summed E-state index contributed by atoms with van der Waals surface area (Å²) in [6.45, 7) is 3.01. The molecule has 104 valence electrons. The monoisotopic (exact) mass is 265 g/mol. The molecule has 0 radical (unpaired) electrons. The summed E-state index contributed by atoms with van der Waals surface area (Å²) in [6, 6.07) is 7.64. The molecule has 0 heterocycles. The van der Waals surface area contributed by atoms with Gasteiger partial charge in [-0.1, -0.05) is 30.3 Å². The number of carboxylic acids is 1. The molecule has 1 amide bonds. The van der Waals surface area contributed by atoms with Crippen molar-refractivity contribution in [2.45, 2.75) is 25.8 Å². The lowest BCUT2D eigenvalue weighted by atomic mass is 10.1.